The lowest BCUT2D eigenvalue weighted by Crippen LogP contribution is -2.17. The van der Waals surface area contributed by atoms with Gasteiger partial charge in [-0.2, -0.15) is 0 Å². The predicted octanol–water partition coefficient (Wildman–Crippen LogP) is 2.32. The molecule has 0 aliphatic carbocycles. The van der Waals surface area contributed by atoms with Gasteiger partial charge in [0, 0.05) is 4.88 Å². The molecule has 0 aromatic carbocycles. The second-order valence-corrected chi connectivity index (χ2v) is 3.47. The Morgan fingerprint density at radius 1 is 1.55 bits per heavy atom. The van der Waals surface area contributed by atoms with Crippen molar-refractivity contribution in [1.82, 2.24) is 0 Å². The third-order valence-corrected chi connectivity index (χ3v) is 2.29. The molecule has 11 heavy (non-hydrogen) atoms. The molecular weight excluding hydrogens is 168 g/mol. The number of halogens is 2. The quantitative estimate of drug-likeness (QED) is 0.737. The van der Waals surface area contributed by atoms with E-state index < -0.39 is 12.5 Å². The SMILES string of the molecule is Cc1cc(C(N)C(F)F)cs1. The molecule has 1 aromatic heterocycles. The second-order valence-electron chi connectivity index (χ2n) is 2.35. The third-order valence-electron chi connectivity index (χ3n) is 1.41. The average molecular weight is 177 g/mol. The van der Waals surface area contributed by atoms with Gasteiger partial charge in [-0.15, -0.1) is 11.3 Å². The summed E-state index contributed by atoms with van der Waals surface area (Å²) in [5.74, 6) is 0. The van der Waals surface area contributed by atoms with Crippen LogP contribution in [-0.2, 0) is 0 Å². The van der Waals surface area contributed by atoms with Gasteiger partial charge < -0.3 is 5.73 Å². The van der Waals surface area contributed by atoms with Crippen LogP contribution in [0.25, 0.3) is 0 Å². The van der Waals surface area contributed by atoms with Gasteiger partial charge in [0.25, 0.3) is 6.43 Å². The van der Waals surface area contributed by atoms with E-state index in [9.17, 15) is 8.78 Å². The lowest BCUT2D eigenvalue weighted by atomic mass is 10.2. The van der Waals surface area contributed by atoms with Gasteiger partial charge in [-0.1, -0.05) is 0 Å². The Kier molecular flexibility index (Phi) is 2.57. The van der Waals surface area contributed by atoms with Crippen LogP contribution in [0.3, 0.4) is 0 Å². The highest BCUT2D eigenvalue weighted by Crippen LogP contribution is 2.22. The minimum Gasteiger partial charge on any atom is -0.319 e. The van der Waals surface area contributed by atoms with Crippen LogP contribution in [0.4, 0.5) is 8.78 Å². The zero-order chi connectivity index (χ0) is 8.43. The van der Waals surface area contributed by atoms with Crippen molar-refractivity contribution in [3.8, 4) is 0 Å². The number of rotatable bonds is 2. The topological polar surface area (TPSA) is 26.0 Å². The predicted molar refractivity (Wildman–Crippen MR) is 42.0 cm³/mol. The summed E-state index contributed by atoms with van der Waals surface area (Å²) < 4.78 is 24.0. The summed E-state index contributed by atoms with van der Waals surface area (Å²) in [4.78, 5) is 1.01. The van der Waals surface area contributed by atoms with Crippen LogP contribution >= 0.6 is 11.3 Å². The molecule has 0 radical (unpaired) electrons. The smallest absolute Gasteiger partial charge is 0.257 e. The van der Waals surface area contributed by atoms with Crippen LogP contribution in [0.5, 0.6) is 0 Å². The molecule has 4 heteroatoms. The Bertz CT molecular complexity index is 234. The zero-order valence-corrected chi connectivity index (χ0v) is 6.87. The van der Waals surface area contributed by atoms with Crippen molar-refractivity contribution in [3.63, 3.8) is 0 Å². The molecule has 0 aliphatic rings. The first-order valence-electron chi connectivity index (χ1n) is 3.20. The maximum absolute atomic E-state index is 12.0. The normalized spacial score (nSPS) is 13.9. The summed E-state index contributed by atoms with van der Waals surface area (Å²) in [6.45, 7) is 1.87. The first kappa shape index (κ1) is 8.62. The molecule has 0 amide bonds. The maximum atomic E-state index is 12.0. The van der Waals surface area contributed by atoms with Crippen LogP contribution in [-0.4, -0.2) is 6.43 Å². The average Bonchev–Trinajstić information content (AvgIpc) is 2.34. The Balaban J connectivity index is 2.76. The van der Waals surface area contributed by atoms with Gasteiger partial charge in [0.15, 0.2) is 0 Å². The highest BCUT2D eigenvalue weighted by atomic mass is 32.1. The van der Waals surface area contributed by atoms with E-state index in [2.05, 4.69) is 0 Å². The van der Waals surface area contributed by atoms with E-state index in [1.165, 1.54) is 11.3 Å². The van der Waals surface area contributed by atoms with Crippen LogP contribution in [0.2, 0.25) is 0 Å². The van der Waals surface area contributed by atoms with E-state index in [-0.39, 0.29) is 0 Å². The van der Waals surface area contributed by atoms with Crippen LogP contribution in [0, 0.1) is 6.92 Å². The minimum atomic E-state index is -2.47. The standard InChI is InChI=1S/C7H9F2NS/c1-4-2-5(3-11-4)6(10)7(8)9/h2-3,6-7H,10H2,1H3. The third kappa shape index (κ3) is 1.97. The lowest BCUT2D eigenvalue weighted by molar-refractivity contribution is 0.116. The first-order valence-corrected chi connectivity index (χ1v) is 4.08. The van der Waals surface area contributed by atoms with Crippen molar-refractivity contribution in [2.45, 2.75) is 19.4 Å². The number of aryl methyl sites for hydroxylation is 1. The summed E-state index contributed by atoms with van der Waals surface area (Å²) in [6.07, 6.45) is -2.47. The molecule has 1 atom stereocenters. The van der Waals surface area contributed by atoms with Crippen LogP contribution in [0.1, 0.15) is 16.5 Å². The Morgan fingerprint density at radius 3 is 2.55 bits per heavy atom. The summed E-state index contributed by atoms with van der Waals surface area (Å²) in [6, 6.07) is 0.571. The lowest BCUT2D eigenvalue weighted by Gasteiger charge is -2.06. The monoisotopic (exact) mass is 177 g/mol. The number of thiophene rings is 1. The molecule has 0 saturated carbocycles. The van der Waals surface area contributed by atoms with E-state index in [0.717, 1.165) is 4.88 Å². The van der Waals surface area contributed by atoms with E-state index in [4.69, 9.17) is 5.73 Å². The first-order chi connectivity index (χ1) is 5.11. The largest absolute Gasteiger partial charge is 0.319 e. The fourth-order valence-corrected chi connectivity index (χ4v) is 1.54. The molecule has 2 N–H and O–H groups in total. The zero-order valence-electron chi connectivity index (χ0n) is 6.05. The van der Waals surface area contributed by atoms with Crippen LogP contribution in [0.15, 0.2) is 11.4 Å². The molecule has 62 valence electrons. The van der Waals surface area contributed by atoms with Gasteiger partial charge in [0.1, 0.15) is 0 Å². The minimum absolute atomic E-state index is 0.530. The fourth-order valence-electron chi connectivity index (χ4n) is 0.784. The van der Waals surface area contributed by atoms with Gasteiger partial charge in [0.05, 0.1) is 6.04 Å². The highest BCUT2D eigenvalue weighted by Gasteiger charge is 2.17. The van der Waals surface area contributed by atoms with Gasteiger partial charge >= 0.3 is 0 Å². The van der Waals surface area contributed by atoms with Gasteiger partial charge in [-0.05, 0) is 23.9 Å². The van der Waals surface area contributed by atoms with Crippen molar-refractivity contribution in [2.24, 2.45) is 5.73 Å². The van der Waals surface area contributed by atoms with Crippen molar-refractivity contribution < 1.29 is 8.78 Å². The van der Waals surface area contributed by atoms with E-state index in [1.807, 2.05) is 6.92 Å². The molecule has 0 bridgehead atoms. The molecule has 1 heterocycles. The number of alkyl halides is 2. The fraction of sp³-hybridized carbons (Fsp3) is 0.429. The summed E-state index contributed by atoms with van der Waals surface area (Å²) >= 11 is 1.44. The van der Waals surface area contributed by atoms with Crippen molar-refractivity contribution >= 4 is 11.3 Å². The van der Waals surface area contributed by atoms with E-state index in [1.54, 1.807) is 11.4 Å². The molecule has 0 fully saturated rings. The summed E-state index contributed by atoms with van der Waals surface area (Å²) in [7, 11) is 0. The van der Waals surface area contributed by atoms with Crippen molar-refractivity contribution in [3.05, 3.63) is 21.9 Å². The molecule has 1 aromatic rings. The Hall–Kier alpha value is -0.480. The molecule has 1 rings (SSSR count). The molecular formula is C7H9F2NS. The van der Waals surface area contributed by atoms with Gasteiger partial charge in [-0.25, -0.2) is 8.78 Å². The summed E-state index contributed by atoms with van der Waals surface area (Å²) in [5.41, 5.74) is 5.74. The Labute approximate surface area is 67.8 Å². The summed E-state index contributed by atoms with van der Waals surface area (Å²) in [5, 5.41) is 1.67. The number of nitrogens with two attached hydrogens (primary N) is 1. The highest BCUT2D eigenvalue weighted by molar-refractivity contribution is 7.10. The number of hydrogen-bond donors (Lipinski definition) is 1. The van der Waals surface area contributed by atoms with E-state index >= 15 is 0 Å². The molecule has 0 saturated heterocycles. The number of hydrogen-bond acceptors (Lipinski definition) is 2. The van der Waals surface area contributed by atoms with E-state index in [0.29, 0.717) is 5.56 Å². The molecule has 0 spiro atoms. The van der Waals surface area contributed by atoms with Crippen molar-refractivity contribution in [2.75, 3.05) is 0 Å². The second kappa shape index (κ2) is 3.28. The maximum Gasteiger partial charge on any atom is 0.257 e. The van der Waals surface area contributed by atoms with Gasteiger partial charge in [0.2, 0.25) is 0 Å². The molecule has 0 aliphatic heterocycles. The van der Waals surface area contributed by atoms with Crippen molar-refractivity contribution in [1.29, 1.82) is 0 Å². The Morgan fingerprint density at radius 2 is 2.18 bits per heavy atom. The van der Waals surface area contributed by atoms with Crippen LogP contribution < -0.4 is 5.73 Å². The van der Waals surface area contributed by atoms with Gasteiger partial charge in [-0.3, -0.25) is 0 Å². The molecule has 1 nitrogen and oxygen atoms in total. The molecule has 1 unspecified atom stereocenters.